The van der Waals surface area contributed by atoms with Gasteiger partial charge in [-0.2, -0.15) is 0 Å². The van der Waals surface area contributed by atoms with Crippen LogP contribution in [-0.2, 0) is 6.42 Å². The summed E-state index contributed by atoms with van der Waals surface area (Å²) < 4.78 is 0. The predicted molar refractivity (Wildman–Crippen MR) is 63.6 cm³/mol. The van der Waals surface area contributed by atoms with Crippen molar-refractivity contribution in [2.45, 2.75) is 26.2 Å². The van der Waals surface area contributed by atoms with Gasteiger partial charge >= 0.3 is 0 Å². The van der Waals surface area contributed by atoms with Crippen LogP contribution >= 0.6 is 0 Å². The standard InChI is InChI=1S/C14H18O/c1-2-11(10-15)13-9-5-7-12-6-3-4-8-14(12)13/h3-4,6,8-9,11,15H,2,5,7,10H2,1H3. The summed E-state index contributed by atoms with van der Waals surface area (Å²) in [5.74, 6) is 0.312. The molecular formula is C14H18O. The smallest absolute Gasteiger partial charge is 0.0499 e. The largest absolute Gasteiger partial charge is 0.396 e. The lowest BCUT2D eigenvalue weighted by molar-refractivity contribution is 0.254. The van der Waals surface area contributed by atoms with Crippen LogP contribution in [0.5, 0.6) is 0 Å². The first-order valence-corrected chi connectivity index (χ1v) is 5.76. The molecule has 0 aliphatic heterocycles. The summed E-state index contributed by atoms with van der Waals surface area (Å²) in [5.41, 5.74) is 4.13. The molecule has 0 bridgehead atoms. The summed E-state index contributed by atoms with van der Waals surface area (Å²) in [6.45, 7) is 2.40. The zero-order valence-electron chi connectivity index (χ0n) is 9.24. The number of aliphatic hydroxyl groups is 1. The molecule has 0 fully saturated rings. The maximum absolute atomic E-state index is 9.36. The minimum absolute atomic E-state index is 0.261. The van der Waals surface area contributed by atoms with Crippen molar-refractivity contribution in [2.75, 3.05) is 6.61 Å². The molecule has 0 spiro atoms. The molecule has 0 aromatic heterocycles. The Hall–Kier alpha value is -1.08. The first kappa shape index (κ1) is 10.4. The Morgan fingerprint density at radius 1 is 1.33 bits per heavy atom. The fraction of sp³-hybridized carbons (Fsp3) is 0.429. The van der Waals surface area contributed by atoms with Crippen LogP contribution in [0.4, 0.5) is 0 Å². The second kappa shape index (κ2) is 4.63. The molecule has 2 rings (SSSR count). The average molecular weight is 202 g/mol. The molecule has 15 heavy (non-hydrogen) atoms. The lowest BCUT2D eigenvalue weighted by atomic mass is 9.83. The number of hydrogen-bond acceptors (Lipinski definition) is 1. The first-order chi connectivity index (χ1) is 7.36. The number of fused-ring (bicyclic) bond motifs is 1. The molecular weight excluding hydrogens is 184 g/mol. The van der Waals surface area contributed by atoms with Crippen LogP contribution in [0, 0.1) is 5.92 Å². The number of rotatable bonds is 3. The van der Waals surface area contributed by atoms with E-state index in [-0.39, 0.29) is 6.61 Å². The molecule has 1 heteroatoms. The molecule has 1 N–H and O–H groups in total. The predicted octanol–water partition coefficient (Wildman–Crippen LogP) is 3.03. The minimum Gasteiger partial charge on any atom is -0.396 e. The monoisotopic (exact) mass is 202 g/mol. The molecule has 80 valence electrons. The van der Waals surface area contributed by atoms with Crippen molar-refractivity contribution in [3.8, 4) is 0 Å². The normalized spacial score (nSPS) is 16.8. The van der Waals surface area contributed by atoms with E-state index in [0.717, 1.165) is 19.3 Å². The highest BCUT2D eigenvalue weighted by Gasteiger charge is 2.18. The topological polar surface area (TPSA) is 20.2 Å². The van der Waals surface area contributed by atoms with Crippen molar-refractivity contribution in [1.82, 2.24) is 0 Å². The summed E-state index contributed by atoms with van der Waals surface area (Å²) >= 11 is 0. The van der Waals surface area contributed by atoms with E-state index in [0.29, 0.717) is 5.92 Å². The number of hydrogen-bond donors (Lipinski definition) is 1. The van der Waals surface area contributed by atoms with E-state index in [4.69, 9.17) is 0 Å². The van der Waals surface area contributed by atoms with Gasteiger partial charge in [-0.3, -0.25) is 0 Å². The summed E-state index contributed by atoms with van der Waals surface area (Å²) in [6.07, 6.45) is 5.56. The molecule has 1 aliphatic carbocycles. The van der Waals surface area contributed by atoms with Crippen LogP contribution in [-0.4, -0.2) is 11.7 Å². The molecule has 1 nitrogen and oxygen atoms in total. The Bertz CT molecular complexity index is 361. The molecule has 0 amide bonds. The van der Waals surface area contributed by atoms with Crippen molar-refractivity contribution in [3.05, 3.63) is 41.5 Å². The molecule has 1 atom stereocenters. The third-order valence-electron chi connectivity index (χ3n) is 3.26. The van der Waals surface area contributed by atoms with Crippen LogP contribution in [0.2, 0.25) is 0 Å². The molecule has 1 aromatic rings. The van der Waals surface area contributed by atoms with Gasteiger partial charge < -0.3 is 5.11 Å². The Balaban J connectivity index is 2.37. The van der Waals surface area contributed by atoms with Gasteiger partial charge in [0.25, 0.3) is 0 Å². The van der Waals surface area contributed by atoms with Crippen molar-refractivity contribution in [2.24, 2.45) is 5.92 Å². The minimum atomic E-state index is 0.261. The van der Waals surface area contributed by atoms with Crippen LogP contribution in [0.1, 0.15) is 30.9 Å². The molecule has 0 radical (unpaired) electrons. The zero-order chi connectivity index (χ0) is 10.7. The van der Waals surface area contributed by atoms with E-state index >= 15 is 0 Å². The fourth-order valence-electron chi connectivity index (χ4n) is 2.35. The van der Waals surface area contributed by atoms with Gasteiger partial charge in [-0.25, -0.2) is 0 Å². The van der Waals surface area contributed by atoms with Crippen LogP contribution in [0.15, 0.2) is 30.3 Å². The fourth-order valence-corrected chi connectivity index (χ4v) is 2.35. The third kappa shape index (κ3) is 1.98. The molecule has 1 aromatic carbocycles. The molecule has 0 heterocycles. The van der Waals surface area contributed by atoms with Gasteiger partial charge in [0, 0.05) is 12.5 Å². The second-order valence-corrected chi connectivity index (χ2v) is 4.14. The first-order valence-electron chi connectivity index (χ1n) is 5.76. The van der Waals surface area contributed by atoms with Crippen LogP contribution in [0.3, 0.4) is 0 Å². The van der Waals surface area contributed by atoms with Crippen molar-refractivity contribution >= 4 is 5.57 Å². The number of aryl methyl sites for hydroxylation is 1. The van der Waals surface area contributed by atoms with Crippen molar-refractivity contribution in [3.63, 3.8) is 0 Å². The zero-order valence-corrected chi connectivity index (χ0v) is 9.24. The molecule has 0 saturated heterocycles. The maximum atomic E-state index is 9.36. The lowest BCUT2D eigenvalue weighted by Crippen LogP contribution is -2.11. The van der Waals surface area contributed by atoms with Gasteiger partial charge in [0.05, 0.1) is 0 Å². The number of benzene rings is 1. The Labute approximate surface area is 91.4 Å². The van der Waals surface area contributed by atoms with Gasteiger partial charge in [0.15, 0.2) is 0 Å². The quantitative estimate of drug-likeness (QED) is 0.798. The van der Waals surface area contributed by atoms with Crippen molar-refractivity contribution in [1.29, 1.82) is 0 Å². The lowest BCUT2D eigenvalue weighted by Gasteiger charge is -2.23. The summed E-state index contributed by atoms with van der Waals surface area (Å²) in [4.78, 5) is 0. The van der Waals surface area contributed by atoms with Gasteiger partial charge in [-0.1, -0.05) is 37.3 Å². The molecule has 1 aliphatic rings. The Kier molecular flexibility index (Phi) is 3.22. The van der Waals surface area contributed by atoms with E-state index < -0.39 is 0 Å². The maximum Gasteiger partial charge on any atom is 0.0499 e. The van der Waals surface area contributed by atoms with Crippen molar-refractivity contribution < 1.29 is 5.11 Å². The summed E-state index contributed by atoms with van der Waals surface area (Å²) in [6, 6.07) is 8.56. The van der Waals surface area contributed by atoms with Gasteiger partial charge in [0.2, 0.25) is 0 Å². The number of allylic oxidation sites excluding steroid dienone is 1. The average Bonchev–Trinajstić information content (AvgIpc) is 2.31. The highest BCUT2D eigenvalue weighted by molar-refractivity contribution is 5.71. The highest BCUT2D eigenvalue weighted by atomic mass is 16.3. The van der Waals surface area contributed by atoms with E-state index in [9.17, 15) is 5.11 Å². The van der Waals surface area contributed by atoms with E-state index in [1.54, 1.807) is 0 Å². The SMILES string of the molecule is CCC(CO)C1=CCCc2ccccc21. The van der Waals surface area contributed by atoms with Gasteiger partial charge in [0.1, 0.15) is 0 Å². The summed E-state index contributed by atoms with van der Waals surface area (Å²) in [5, 5.41) is 9.36. The highest BCUT2D eigenvalue weighted by Crippen LogP contribution is 2.32. The Morgan fingerprint density at radius 2 is 2.13 bits per heavy atom. The van der Waals surface area contributed by atoms with Crippen LogP contribution in [0.25, 0.3) is 5.57 Å². The van der Waals surface area contributed by atoms with E-state index in [1.165, 1.54) is 16.7 Å². The number of aliphatic hydroxyl groups excluding tert-OH is 1. The van der Waals surface area contributed by atoms with E-state index in [2.05, 4.69) is 37.3 Å². The summed E-state index contributed by atoms with van der Waals surface area (Å²) in [7, 11) is 0. The van der Waals surface area contributed by atoms with E-state index in [1.807, 2.05) is 0 Å². The molecule has 0 saturated carbocycles. The second-order valence-electron chi connectivity index (χ2n) is 4.14. The van der Waals surface area contributed by atoms with Gasteiger partial charge in [-0.15, -0.1) is 0 Å². The van der Waals surface area contributed by atoms with Crippen LogP contribution < -0.4 is 0 Å². The molecule has 1 unspecified atom stereocenters. The third-order valence-corrected chi connectivity index (χ3v) is 3.26. The van der Waals surface area contributed by atoms with Gasteiger partial charge in [-0.05, 0) is 36.0 Å². The Morgan fingerprint density at radius 3 is 2.87 bits per heavy atom.